The molecule has 0 spiro atoms. The number of amides is 1. The van der Waals surface area contributed by atoms with Gasteiger partial charge >= 0.3 is 0 Å². The molecule has 1 amide bonds. The summed E-state index contributed by atoms with van der Waals surface area (Å²) in [6, 6.07) is -0.360. The standard InChI is InChI=1S/C10H20N2O2/c1-3-9(11)10(13)12(2)7-8-5-4-6-14-8/h8-9H,3-7,11H2,1-2H3/t8?,9-/m1/s1. The molecule has 1 unspecified atom stereocenters. The topological polar surface area (TPSA) is 55.6 Å². The Morgan fingerprint density at radius 2 is 2.43 bits per heavy atom. The van der Waals surface area contributed by atoms with Crippen molar-refractivity contribution >= 4 is 5.91 Å². The van der Waals surface area contributed by atoms with E-state index in [2.05, 4.69) is 0 Å². The Bertz CT molecular complexity index is 191. The second-order valence-corrected chi connectivity index (χ2v) is 3.87. The third-order valence-corrected chi connectivity index (χ3v) is 2.63. The van der Waals surface area contributed by atoms with Crippen molar-refractivity contribution in [1.82, 2.24) is 4.90 Å². The van der Waals surface area contributed by atoms with Gasteiger partial charge in [-0.15, -0.1) is 0 Å². The Labute approximate surface area is 85.4 Å². The Balaban J connectivity index is 2.32. The second kappa shape index (κ2) is 5.32. The summed E-state index contributed by atoms with van der Waals surface area (Å²) in [5.74, 6) is 0.0167. The molecule has 1 aliphatic heterocycles. The van der Waals surface area contributed by atoms with Gasteiger partial charge in [0.1, 0.15) is 0 Å². The number of rotatable bonds is 4. The summed E-state index contributed by atoms with van der Waals surface area (Å²) in [6.07, 6.45) is 3.06. The molecular formula is C10H20N2O2. The molecule has 4 nitrogen and oxygen atoms in total. The third-order valence-electron chi connectivity index (χ3n) is 2.63. The van der Waals surface area contributed by atoms with Gasteiger partial charge in [0.05, 0.1) is 12.1 Å². The quantitative estimate of drug-likeness (QED) is 0.713. The van der Waals surface area contributed by atoms with Crippen LogP contribution in [0.3, 0.4) is 0 Å². The van der Waals surface area contributed by atoms with Crippen LogP contribution in [0, 0.1) is 0 Å². The van der Waals surface area contributed by atoms with Gasteiger partial charge in [-0.1, -0.05) is 6.92 Å². The minimum absolute atomic E-state index is 0.0167. The molecule has 1 aliphatic rings. The normalized spacial score (nSPS) is 23.5. The van der Waals surface area contributed by atoms with Gasteiger partial charge in [0.25, 0.3) is 0 Å². The lowest BCUT2D eigenvalue weighted by atomic mass is 10.2. The van der Waals surface area contributed by atoms with Crippen molar-refractivity contribution in [2.45, 2.75) is 38.3 Å². The van der Waals surface area contributed by atoms with Crippen LogP contribution in [0.5, 0.6) is 0 Å². The SMILES string of the molecule is CC[C@@H](N)C(=O)N(C)CC1CCCO1. The van der Waals surface area contributed by atoms with E-state index in [0.717, 1.165) is 19.4 Å². The lowest BCUT2D eigenvalue weighted by Gasteiger charge is -2.23. The summed E-state index contributed by atoms with van der Waals surface area (Å²) in [7, 11) is 1.79. The number of hydrogen-bond acceptors (Lipinski definition) is 3. The fourth-order valence-corrected chi connectivity index (χ4v) is 1.64. The van der Waals surface area contributed by atoms with Crippen LogP contribution in [0.25, 0.3) is 0 Å². The van der Waals surface area contributed by atoms with E-state index >= 15 is 0 Å². The van der Waals surface area contributed by atoms with Crippen LogP contribution in [0.15, 0.2) is 0 Å². The maximum atomic E-state index is 11.6. The summed E-state index contributed by atoms with van der Waals surface area (Å²) < 4.78 is 5.45. The zero-order chi connectivity index (χ0) is 10.6. The summed E-state index contributed by atoms with van der Waals surface area (Å²) in [4.78, 5) is 13.3. The molecule has 0 radical (unpaired) electrons. The maximum Gasteiger partial charge on any atom is 0.239 e. The summed E-state index contributed by atoms with van der Waals surface area (Å²) in [5, 5.41) is 0. The first-order valence-corrected chi connectivity index (χ1v) is 5.27. The molecule has 0 aromatic carbocycles. The lowest BCUT2D eigenvalue weighted by Crippen LogP contribution is -2.44. The number of nitrogens with two attached hydrogens (primary N) is 1. The molecule has 1 heterocycles. The highest BCUT2D eigenvalue weighted by atomic mass is 16.5. The predicted molar refractivity (Wildman–Crippen MR) is 54.9 cm³/mol. The van der Waals surface area contributed by atoms with E-state index in [1.54, 1.807) is 11.9 Å². The van der Waals surface area contributed by atoms with E-state index in [1.165, 1.54) is 0 Å². The van der Waals surface area contributed by atoms with Crippen molar-refractivity contribution in [3.8, 4) is 0 Å². The van der Waals surface area contributed by atoms with Crippen molar-refractivity contribution in [1.29, 1.82) is 0 Å². The van der Waals surface area contributed by atoms with Gasteiger partial charge in [-0.2, -0.15) is 0 Å². The number of carbonyl (C=O) groups excluding carboxylic acids is 1. The average Bonchev–Trinajstić information content (AvgIpc) is 2.68. The van der Waals surface area contributed by atoms with Gasteiger partial charge in [-0.05, 0) is 19.3 Å². The molecule has 4 heteroatoms. The van der Waals surface area contributed by atoms with Gasteiger partial charge in [0, 0.05) is 20.2 Å². The van der Waals surface area contributed by atoms with Gasteiger partial charge < -0.3 is 15.4 Å². The minimum atomic E-state index is -0.360. The van der Waals surface area contributed by atoms with E-state index in [0.29, 0.717) is 13.0 Å². The van der Waals surface area contributed by atoms with Crippen molar-refractivity contribution in [3.63, 3.8) is 0 Å². The Hall–Kier alpha value is -0.610. The monoisotopic (exact) mass is 200 g/mol. The molecule has 2 N–H and O–H groups in total. The molecule has 2 atom stereocenters. The first-order valence-electron chi connectivity index (χ1n) is 5.27. The zero-order valence-corrected chi connectivity index (χ0v) is 9.03. The van der Waals surface area contributed by atoms with Gasteiger partial charge in [-0.25, -0.2) is 0 Å². The van der Waals surface area contributed by atoms with E-state index in [-0.39, 0.29) is 18.1 Å². The van der Waals surface area contributed by atoms with Crippen molar-refractivity contribution in [2.75, 3.05) is 20.2 Å². The molecule has 0 bridgehead atoms. The molecule has 14 heavy (non-hydrogen) atoms. The highest BCUT2D eigenvalue weighted by molar-refractivity contribution is 5.81. The third kappa shape index (κ3) is 2.96. The Morgan fingerprint density at radius 1 is 1.71 bits per heavy atom. The van der Waals surface area contributed by atoms with Crippen LogP contribution in [-0.2, 0) is 9.53 Å². The number of ether oxygens (including phenoxy) is 1. The highest BCUT2D eigenvalue weighted by Crippen LogP contribution is 2.13. The van der Waals surface area contributed by atoms with Crippen LogP contribution in [-0.4, -0.2) is 43.2 Å². The number of likely N-dealkylation sites (N-methyl/N-ethyl adjacent to an activating group) is 1. The molecule has 0 saturated carbocycles. The molecule has 1 saturated heterocycles. The summed E-state index contributed by atoms with van der Waals surface area (Å²) in [6.45, 7) is 3.42. The van der Waals surface area contributed by atoms with E-state index in [1.807, 2.05) is 6.92 Å². The van der Waals surface area contributed by atoms with Crippen LogP contribution < -0.4 is 5.73 Å². The highest BCUT2D eigenvalue weighted by Gasteiger charge is 2.22. The second-order valence-electron chi connectivity index (χ2n) is 3.87. The number of hydrogen-bond donors (Lipinski definition) is 1. The van der Waals surface area contributed by atoms with Gasteiger partial charge in [-0.3, -0.25) is 4.79 Å². The fraction of sp³-hybridized carbons (Fsp3) is 0.900. The Kier molecular flexibility index (Phi) is 4.35. The van der Waals surface area contributed by atoms with E-state index in [9.17, 15) is 4.79 Å². The summed E-state index contributed by atoms with van der Waals surface area (Å²) >= 11 is 0. The first kappa shape index (κ1) is 11.5. The fourth-order valence-electron chi connectivity index (χ4n) is 1.64. The smallest absolute Gasteiger partial charge is 0.239 e. The van der Waals surface area contributed by atoms with E-state index < -0.39 is 0 Å². The van der Waals surface area contributed by atoms with Crippen LogP contribution in [0.1, 0.15) is 26.2 Å². The van der Waals surface area contributed by atoms with Crippen LogP contribution >= 0.6 is 0 Å². The van der Waals surface area contributed by atoms with Crippen molar-refractivity contribution < 1.29 is 9.53 Å². The largest absolute Gasteiger partial charge is 0.376 e. The number of carbonyl (C=O) groups is 1. The first-order chi connectivity index (χ1) is 6.65. The molecule has 0 aliphatic carbocycles. The molecule has 0 aromatic rings. The van der Waals surface area contributed by atoms with Crippen LogP contribution in [0.4, 0.5) is 0 Å². The predicted octanol–water partition coefficient (Wildman–Crippen LogP) is 0.361. The lowest BCUT2D eigenvalue weighted by molar-refractivity contribution is -0.132. The van der Waals surface area contributed by atoms with E-state index in [4.69, 9.17) is 10.5 Å². The van der Waals surface area contributed by atoms with Crippen molar-refractivity contribution in [3.05, 3.63) is 0 Å². The van der Waals surface area contributed by atoms with Gasteiger partial charge in [0.15, 0.2) is 0 Å². The zero-order valence-electron chi connectivity index (χ0n) is 9.03. The summed E-state index contributed by atoms with van der Waals surface area (Å²) in [5.41, 5.74) is 5.66. The average molecular weight is 200 g/mol. The molecule has 82 valence electrons. The molecule has 1 rings (SSSR count). The van der Waals surface area contributed by atoms with Crippen molar-refractivity contribution in [2.24, 2.45) is 5.73 Å². The molecular weight excluding hydrogens is 180 g/mol. The van der Waals surface area contributed by atoms with Gasteiger partial charge in [0.2, 0.25) is 5.91 Å². The maximum absolute atomic E-state index is 11.6. The molecule has 1 fully saturated rings. The molecule has 0 aromatic heterocycles. The van der Waals surface area contributed by atoms with Crippen LogP contribution in [0.2, 0.25) is 0 Å². The minimum Gasteiger partial charge on any atom is -0.376 e. The Morgan fingerprint density at radius 3 is 2.93 bits per heavy atom. The number of nitrogens with zero attached hydrogens (tertiary/aromatic N) is 1.